The molecule has 3 aromatic rings. The number of carbonyl (C=O) groups excluding carboxylic acids is 2. The summed E-state index contributed by atoms with van der Waals surface area (Å²) in [5, 5.41) is 5.03. The first kappa shape index (κ1) is 21.9. The standard InChI is InChI=1S/C25H26N2O4S/c1-16-20(25(29)27-11-9-23-18(15-27)10-12-32-23)5-4-6-21(16)26-24(28)13-17-7-8-19(30-2)14-22(17)31-3/h4-8,10,12,14H,9,11,13,15H2,1-3H3,(H,26,28). The van der Waals surface area contributed by atoms with Gasteiger partial charge in [0.05, 0.1) is 20.6 Å². The van der Waals surface area contributed by atoms with Gasteiger partial charge in [-0.3, -0.25) is 9.59 Å². The summed E-state index contributed by atoms with van der Waals surface area (Å²) < 4.78 is 10.6. The Kier molecular flexibility index (Phi) is 6.46. The van der Waals surface area contributed by atoms with Gasteiger partial charge in [-0.25, -0.2) is 0 Å². The number of hydrogen-bond donors (Lipinski definition) is 1. The Morgan fingerprint density at radius 3 is 2.75 bits per heavy atom. The van der Waals surface area contributed by atoms with E-state index in [0.29, 0.717) is 35.8 Å². The highest BCUT2D eigenvalue weighted by molar-refractivity contribution is 7.10. The Labute approximate surface area is 191 Å². The summed E-state index contributed by atoms with van der Waals surface area (Å²) in [4.78, 5) is 29.2. The molecule has 0 spiro atoms. The van der Waals surface area contributed by atoms with Gasteiger partial charge in [0.25, 0.3) is 5.91 Å². The zero-order valence-electron chi connectivity index (χ0n) is 18.4. The Bertz CT molecular complexity index is 1150. The molecule has 4 rings (SSSR count). The lowest BCUT2D eigenvalue weighted by molar-refractivity contribution is -0.115. The predicted octanol–water partition coefficient (Wildman–Crippen LogP) is 4.45. The van der Waals surface area contributed by atoms with Gasteiger partial charge >= 0.3 is 0 Å². The van der Waals surface area contributed by atoms with Gasteiger partial charge < -0.3 is 19.7 Å². The Morgan fingerprint density at radius 1 is 1.12 bits per heavy atom. The highest BCUT2D eigenvalue weighted by Gasteiger charge is 2.24. The van der Waals surface area contributed by atoms with Crippen LogP contribution in [-0.4, -0.2) is 37.5 Å². The van der Waals surface area contributed by atoms with E-state index in [2.05, 4.69) is 16.8 Å². The number of nitrogens with zero attached hydrogens (tertiary/aromatic N) is 1. The van der Waals surface area contributed by atoms with Crippen molar-refractivity contribution in [1.82, 2.24) is 4.90 Å². The molecule has 1 aliphatic rings. The Morgan fingerprint density at radius 2 is 1.97 bits per heavy atom. The van der Waals surface area contributed by atoms with Crippen molar-refractivity contribution in [3.8, 4) is 11.5 Å². The van der Waals surface area contributed by atoms with Crippen LogP contribution in [0.4, 0.5) is 5.69 Å². The van der Waals surface area contributed by atoms with E-state index in [9.17, 15) is 9.59 Å². The van der Waals surface area contributed by atoms with E-state index in [1.165, 1.54) is 10.4 Å². The molecule has 0 radical (unpaired) electrons. The molecule has 2 aromatic carbocycles. The molecule has 0 saturated heterocycles. The molecule has 1 aliphatic heterocycles. The molecule has 0 aliphatic carbocycles. The lowest BCUT2D eigenvalue weighted by Crippen LogP contribution is -2.35. The van der Waals surface area contributed by atoms with Crippen LogP contribution >= 0.6 is 11.3 Å². The number of hydrogen-bond acceptors (Lipinski definition) is 5. The van der Waals surface area contributed by atoms with Crippen molar-refractivity contribution in [1.29, 1.82) is 0 Å². The van der Waals surface area contributed by atoms with Gasteiger partial charge in [0.2, 0.25) is 5.91 Å². The van der Waals surface area contributed by atoms with Crippen molar-refractivity contribution in [2.75, 3.05) is 26.1 Å². The van der Waals surface area contributed by atoms with Crippen LogP contribution in [0.5, 0.6) is 11.5 Å². The van der Waals surface area contributed by atoms with E-state index in [1.54, 1.807) is 37.7 Å². The molecule has 2 amide bonds. The summed E-state index contributed by atoms with van der Waals surface area (Å²) in [5.74, 6) is 1.08. The van der Waals surface area contributed by atoms with Crippen molar-refractivity contribution in [3.63, 3.8) is 0 Å². The zero-order valence-corrected chi connectivity index (χ0v) is 19.3. The van der Waals surface area contributed by atoms with E-state index >= 15 is 0 Å². The third kappa shape index (κ3) is 4.48. The number of anilines is 1. The lowest BCUT2D eigenvalue weighted by atomic mass is 10.0. The first-order valence-corrected chi connectivity index (χ1v) is 11.3. The number of fused-ring (bicyclic) bond motifs is 1. The topological polar surface area (TPSA) is 67.9 Å². The van der Waals surface area contributed by atoms with Crippen LogP contribution in [0.1, 0.15) is 31.9 Å². The number of methoxy groups -OCH3 is 2. The quantitative estimate of drug-likeness (QED) is 0.602. The zero-order chi connectivity index (χ0) is 22.7. The normalized spacial score (nSPS) is 12.8. The SMILES string of the molecule is COc1ccc(CC(=O)Nc2cccc(C(=O)N3CCc4sccc4C3)c2C)c(OC)c1. The highest BCUT2D eigenvalue weighted by Crippen LogP contribution is 2.28. The molecular weight excluding hydrogens is 424 g/mol. The fourth-order valence-electron chi connectivity index (χ4n) is 3.96. The number of amides is 2. The van der Waals surface area contributed by atoms with Gasteiger partial charge in [-0.2, -0.15) is 0 Å². The van der Waals surface area contributed by atoms with Gasteiger partial charge in [0.1, 0.15) is 11.5 Å². The number of carbonyl (C=O) groups is 2. The molecule has 32 heavy (non-hydrogen) atoms. The summed E-state index contributed by atoms with van der Waals surface area (Å²) in [6.45, 7) is 3.21. The van der Waals surface area contributed by atoms with E-state index in [1.807, 2.05) is 36.1 Å². The molecule has 7 heteroatoms. The van der Waals surface area contributed by atoms with Crippen molar-refractivity contribution in [2.45, 2.75) is 26.3 Å². The van der Waals surface area contributed by atoms with Gasteiger partial charge in [0, 0.05) is 40.8 Å². The van der Waals surface area contributed by atoms with Crippen molar-refractivity contribution in [2.24, 2.45) is 0 Å². The van der Waals surface area contributed by atoms with Gasteiger partial charge in [-0.1, -0.05) is 12.1 Å². The Balaban J connectivity index is 1.48. The highest BCUT2D eigenvalue weighted by atomic mass is 32.1. The first-order valence-electron chi connectivity index (χ1n) is 10.4. The maximum Gasteiger partial charge on any atom is 0.254 e. The van der Waals surface area contributed by atoms with Crippen LogP contribution in [0.25, 0.3) is 0 Å². The lowest BCUT2D eigenvalue weighted by Gasteiger charge is -2.28. The second-order valence-electron chi connectivity index (χ2n) is 7.73. The van der Waals surface area contributed by atoms with Crippen LogP contribution in [0.2, 0.25) is 0 Å². The summed E-state index contributed by atoms with van der Waals surface area (Å²) in [6, 6.07) is 12.9. The molecule has 0 saturated carbocycles. The summed E-state index contributed by atoms with van der Waals surface area (Å²) in [5.41, 5.74) is 4.01. The fourth-order valence-corrected chi connectivity index (χ4v) is 4.85. The Hall–Kier alpha value is -3.32. The van der Waals surface area contributed by atoms with Gasteiger partial charge in [0.15, 0.2) is 0 Å². The largest absolute Gasteiger partial charge is 0.497 e. The number of benzene rings is 2. The number of rotatable bonds is 6. The second-order valence-corrected chi connectivity index (χ2v) is 8.73. The summed E-state index contributed by atoms with van der Waals surface area (Å²) in [6.07, 6.45) is 1.04. The van der Waals surface area contributed by atoms with Crippen molar-refractivity contribution < 1.29 is 19.1 Å². The molecule has 0 bridgehead atoms. The van der Waals surface area contributed by atoms with Gasteiger partial charge in [-0.05, 0) is 54.1 Å². The van der Waals surface area contributed by atoms with Crippen LogP contribution in [0.3, 0.4) is 0 Å². The molecular formula is C25H26N2O4S. The molecule has 166 valence electrons. The van der Waals surface area contributed by atoms with Crippen LogP contribution in [0, 0.1) is 6.92 Å². The molecule has 1 aromatic heterocycles. The number of thiophene rings is 1. The third-order valence-corrected chi connectivity index (χ3v) is 6.80. The number of nitrogens with one attached hydrogen (secondary N) is 1. The van der Waals surface area contributed by atoms with Crippen LogP contribution in [0.15, 0.2) is 47.8 Å². The maximum absolute atomic E-state index is 13.2. The monoisotopic (exact) mass is 450 g/mol. The summed E-state index contributed by atoms with van der Waals surface area (Å²) >= 11 is 1.75. The third-order valence-electron chi connectivity index (χ3n) is 5.78. The van der Waals surface area contributed by atoms with E-state index in [0.717, 1.165) is 17.5 Å². The molecule has 1 N–H and O–H groups in total. The minimum atomic E-state index is -0.179. The van der Waals surface area contributed by atoms with Crippen LogP contribution < -0.4 is 14.8 Å². The minimum Gasteiger partial charge on any atom is -0.497 e. The average Bonchev–Trinajstić information content (AvgIpc) is 3.28. The molecule has 0 atom stereocenters. The molecule has 0 unspecified atom stereocenters. The average molecular weight is 451 g/mol. The minimum absolute atomic E-state index is 0.00715. The second kappa shape index (κ2) is 9.44. The molecule has 2 heterocycles. The first-order chi connectivity index (χ1) is 15.5. The van der Waals surface area contributed by atoms with Crippen LogP contribution in [-0.2, 0) is 24.2 Å². The molecule has 0 fully saturated rings. The fraction of sp³-hybridized carbons (Fsp3) is 0.280. The van der Waals surface area contributed by atoms with Gasteiger partial charge in [-0.15, -0.1) is 11.3 Å². The maximum atomic E-state index is 13.2. The van der Waals surface area contributed by atoms with E-state index in [4.69, 9.17) is 9.47 Å². The predicted molar refractivity (Wildman–Crippen MR) is 126 cm³/mol. The van der Waals surface area contributed by atoms with E-state index < -0.39 is 0 Å². The molecule has 6 nitrogen and oxygen atoms in total. The van der Waals surface area contributed by atoms with Crippen molar-refractivity contribution >= 4 is 28.8 Å². The van der Waals surface area contributed by atoms with Crippen molar-refractivity contribution in [3.05, 3.63) is 75.0 Å². The smallest absolute Gasteiger partial charge is 0.254 e. The summed E-state index contributed by atoms with van der Waals surface area (Å²) in [7, 11) is 3.15. The van der Waals surface area contributed by atoms with E-state index in [-0.39, 0.29) is 18.2 Å². The number of ether oxygens (including phenoxy) is 2.